The standard InChI is InChI=1S/C14H18N4O/c1-3-10(4-1)16-7-11-8-19-9-13-17-12-5-2-6-15-14(12)18(11)13/h2,5-6,10-11,16H,1,3-4,7-9H2/t11-/m0/s1. The molecular weight excluding hydrogens is 240 g/mol. The van der Waals surface area contributed by atoms with E-state index in [0.29, 0.717) is 18.7 Å². The molecule has 5 nitrogen and oxygen atoms in total. The highest BCUT2D eigenvalue weighted by atomic mass is 16.5. The van der Waals surface area contributed by atoms with E-state index < -0.39 is 0 Å². The molecule has 5 heteroatoms. The third-order valence-corrected chi connectivity index (χ3v) is 4.18. The van der Waals surface area contributed by atoms with Gasteiger partial charge in [0.2, 0.25) is 0 Å². The molecule has 4 rings (SSSR count). The average Bonchev–Trinajstić information content (AvgIpc) is 2.76. The number of hydrogen-bond donors (Lipinski definition) is 1. The van der Waals surface area contributed by atoms with Gasteiger partial charge >= 0.3 is 0 Å². The van der Waals surface area contributed by atoms with Crippen LogP contribution < -0.4 is 5.32 Å². The van der Waals surface area contributed by atoms with E-state index in [-0.39, 0.29) is 0 Å². The molecule has 2 aliphatic rings. The summed E-state index contributed by atoms with van der Waals surface area (Å²) in [7, 11) is 0. The summed E-state index contributed by atoms with van der Waals surface area (Å²) < 4.78 is 7.93. The highest BCUT2D eigenvalue weighted by Crippen LogP contribution is 2.25. The monoisotopic (exact) mass is 258 g/mol. The van der Waals surface area contributed by atoms with Gasteiger partial charge in [0.1, 0.15) is 17.9 Å². The molecule has 0 saturated heterocycles. The molecule has 1 fully saturated rings. The second kappa shape index (κ2) is 4.58. The largest absolute Gasteiger partial charge is 0.371 e. The van der Waals surface area contributed by atoms with Gasteiger partial charge in [-0.3, -0.25) is 0 Å². The third kappa shape index (κ3) is 1.93. The van der Waals surface area contributed by atoms with E-state index in [1.165, 1.54) is 19.3 Å². The number of pyridine rings is 1. The first-order chi connectivity index (χ1) is 9.42. The van der Waals surface area contributed by atoms with Crippen molar-refractivity contribution in [1.82, 2.24) is 19.9 Å². The van der Waals surface area contributed by atoms with Crippen LogP contribution in [0.2, 0.25) is 0 Å². The Kier molecular flexibility index (Phi) is 2.74. The highest BCUT2D eigenvalue weighted by Gasteiger charge is 2.26. The van der Waals surface area contributed by atoms with Crippen LogP contribution in [0.4, 0.5) is 0 Å². The Bertz CT molecular complexity index is 590. The second-order valence-corrected chi connectivity index (χ2v) is 5.45. The van der Waals surface area contributed by atoms with Crippen molar-refractivity contribution in [3.8, 4) is 0 Å². The Morgan fingerprint density at radius 2 is 2.37 bits per heavy atom. The average molecular weight is 258 g/mol. The molecule has 0 aromatic carbocycles. The van der Waals surface area contributed by atoms with Gasteiger partial charge in [0, 0.05) is 18.8 Å². The molecule has 3 heterocycles. The lowest BCUT2D eigenvalue weighted by molar-refractivity contribution is 0.0543. The first-order valence-corrected chi connectivity index (χ1v) is 7.05. The molecule has 1 atom stereocenters. The van der Waals surface area contributed by atoms with Crippen molar-refractivity contribution in [1.29, 1.82) is 0 Å². The molecule has 100 valence electrons. The fourth-order valence-corrected chi connectivity index (χ4v) is 2.89. The first-order valence-electron chi connectivity index (χ1n) is 7.05. The van der Waals surface area contributed by atoms with Crippen LogP contribution in [0.25, 0.3) is 11.2 Å². The third-order valence-electron chi connectivity index (χ3n) is 4.18. The van der Waals surface area contributed by atoms with Gasteiger partial charge in [-0.25, -0.2) is 9.97 Å². The van der Waals surface area contributed by atoms with E-state index in [2.05, 4.69) is 19.9 Å². The summed E-state index contributed by atoms with van der Waals surface area (Å²) in [5.41, 5.74) is 1.96. The molecular formula is C14H18N4O. The summed E-state index contributed by atoms with van der Waals surface area (Å²) in [6.45, 7) is 2.28. The van der Waals surface area contributed by atoms with E-state index in [4.69, 9.17) is 4.74 Å². The summed E-state index contributed by atoms with van der Waals surface area (Å²) in [5, 5.41) is 3.63. The molecule has 0 unspecified atom stereocenters. The van der Waals surface area contributed by atoms with Crippen LogP contribution in [0.5, 0.6) is 0 Å². The first kappa shape index (κ1) is 11.4. The van der Waals surface area contributed by atoms with Gasteiger partial charge in [0.05, 0.1) is 12.6 Å². The zero-order valence-corrected chi connectivity index (χ0v) is 10.9. The van der Waals surface area contributed by atoms with Gasteiger partial charge in [-0.05, 0) is 25.0 Å². The number of hydrogen-bond acceptors (Lipinski definition) is 4. The zero-order valence-electron chi connectivity index (χ0n) is 10.9. The SMILES string of the molecule is c1cnc2c(c1)nc1n2[C@@H](CNC2CCC2)COC1. The summed E-state index contributed by atoms with van der Waals surface area (Å²) in [6, 6.07) is 4.96. The van der Waals surface area contributed by atoms with E-state index >= 15 is 0 Å². The van der Waals surface area contributed by atoms with E-state index in [9.17, 15) is 0 Å². The fourth-order valence-electron chi connectivity index (χ4n) is 2.89. The fraction of sp³-hybridized carbons (Fsp3) is 0.571. The molecule has 0 radical (unpaired) electrons. The number of nitrogens with zero attached hydrogens (tertiary/aromatic N) is 3. The highest BCUT2D eigenvalue weighted by molar-refractivity contribution is 5.71. The van der Waals surface area contributed by atoms with Gasteiger partial charge in [-0.1, -0.05) is 6.42 Å². The van der Waals surface area contributed by atoms with Crippen LogP contribution >= 0.6 is 0 Å². The van der Waals surface area contributed by atoms with Gasteiger partial charge in [0.25, 0.3) is 0 Å². The predicted molar refractivity (Wildman–Crippen MR) is 71.9 cm³/mol. The topological polar surface area (TPSA) is 52.0 Å². The maximum Gasteiger partial charge on any atom is 0.160 e. The summed E-state index contributed by atoms with van der Waals surface area (Å²) >= 11 is 0. The van der Waals surface area contributed by atoms with E-state index in [1.807, 2.05) is 18.3 Å². The second-order valence-electron chi connectivity index (χ2n) is 5.45. The molecule has 0 amide bonds. The van der Waals surface area contributed by atoms with Crippen molar-refractivity contribution in [2.75, 3.05) is 13.2 Å². The summed E-state index contributed by atoms with van der Waals surface area (Å²) in [4.78, 5) is 9.10. The smallest absolute Gasteiger partial charge is 0.160 e. The van der Waals surface area contributed by atoms with Crippen molar-refractivity contribution in [3.05, 3.63) is 24.2 Å². The minimum atomic E-state index is 0.309. The Hall–Kier alpha value is -1.46. The van der Waals surface area contributed by atoms with E-state index in [0.717, 1.165) is 30.1 Å². The van der Waals surface area contributed by atoms with Gasteiger partial charge in [-0.15, -0.1) is 0 Å². The van der Waals surface area contributed by atoms with Crippen LogP contribution in [0.3, 0.4) is 0 Å². The molecule has 1 N–H and O–H groups in total. The molecule has 2 aromatic rings. The molecule has 0 bridgehead atoms. The minimum Gasteiger partial charge on any atom is -0.371 e. The van der Waals surface area contributed by atoms with Gasteiger partial charge < -0.3 is 14.6 Å². The number of rotatable bonds is 3. The lowest BCUT2D eigenvalue weighted by Gasteiger charge is -2.31. The Balaban J connectivity index is 1.64. The maximum atomic E-state index is 5.67. The molecule has 2 aromatic heterocycles. The number of ether oxygens (including phenoxy) is 1. The Morgan fingerprint density at radius 3 is 3.21 bits per heavy atom. The number of aromatic nitrogens is 3. The Morgan fingerprint density at radius 1 is 1.42 bits per heavy atom. The van der Waals surface area contributed by atoms with E-state index in [1.54, 1.807) is 0 Å². The normalized spacial score (nSPS) is 23.3. The zero-order chi connectivity index (χ0) is 12.7. The predicted octanol–water partition coefficient (Wildman–Crippen LogP) is 1.64. The van der Waals surface area contributed by atoms with Crippen molar-refractivity contribution < 1.29 is 4.74 Å². The lowest BCUT2D eigenvalue weighted by Crippen LogP contribution is -2.41. The number of imidazole rings is 1. The lowest BCUT2D eigenvalue weighted by atomic mass is 9.93. The molecule has 1 aliphatic heterocycles. The Labute approximate surface area is 112 Å². The van der Waals surface area contributed by atoms with Crippen LogP contribution in [0, 0.1) is 0 Å². The van der Waals surface area contributed by atoms with Gasteiger partial charge in [-0.2, -0.15) is 0 Å². The van der Waals surface area contributed by atoms with Crippen LogP contribution in [0.1, 0.15) is 31.1 Å². The quantitative estimate of drug-likeness (QED) is 0.909. The van der Waals surface area contributed by atoms with Crippen molar-refractivity contribution >= 4 is 11.2 Å². The molecule has 19 heavy (non-hydrogen) atoms. The van der Waals surface area contributed by atoms with Crippen LogP contribution in [-0.4, -0.2) is 33.7 Å². The van der Waals surface area contributed by atoms with Crippen molar-refractivity contribution in [2.45, 2.75) is 38.0 Å². The maximum absolute atomic E-state index is 5.67. The molecule has 1 aliphatic carbocycles. The summed E-state index contributed by atoms with van der Waals surface area (Å²) in [6.07, 6.45) is 5.82. The summed E-state index contributed by atoms with van der Waals surface area (Å²) in [5.74, 6) is 1.00. The molecule has 0 spiro atoms. The number of fused-ring (bicyclic) bond motifs is 3. The van der Waals surface area contributed by atoms with Crippen LogP contribution in [0.15, 0.2) is 18.3 Å². The van der Waals surface area contributed by atoms with Crippen LogP contribution in [-0.2, 0) is 11.3 Å². The van der Waals surface area contributed by atoms with Gasteiger partial charge in [0.15, 0.2) is 5.65 Å². The minimum absolute atomic E-state index is 0.309. The van der Waals surface area contributed by atoms with Crippen molar-refractivity contribution in [3.63, 3.8) is 0 Å². The van der Waals surface area contributed by atoms with Crippen molar-refractivity contribution in [2.24, 2.45) is 0 Å². The molecule has 1 saturated carbocycles. The number of nitrogens with one attached hydrogen (secondary N) is 1.